The van der Waals surface area contributed by atoms with E-state index in [0.717, 1.165) is 38.0 Å². The van der Waals surface area contributed by atoms with Crippen molar-refractivity contribution in [3.63, 3.8) is 0 Å². The average Bonchev–Trinajstić information content (AvgIpc) is 3.15. The van der Waals surface area contributed by atoms with Crippen molar-refractivity contribution >= 4 is 5.91 Å². The lowest BCUT2D eigenvalue weighted by molar-refractivity contribution is -0.133. The third kappa shape index (κ3) is 3.61. The standard InChI is InChI=1S/C18H24N6O2/c25-12-15-9-24(22-21-15)10-16-6-14-3-5-23(16)11-17(14)18(26)20-8-13-2-1-4-19-7-13/h1-2,4,7,9,14,16-17,25H,3,5-6,8,10-12H2,(H,20,26)/t14-,16-,17-/m1/s1. The Kier molecular flexibility index (Phi) is 4.94. The van der Waals surface area contributed by atoms with Crippen LogP contribution < -0.4 is 5.32 Å². The Balaban J connectivity index is 1.33. The van der Waals surface area contributed by atoms with Crippen molar-refractivity contribution in [3.05, 3.63) is 42.0 Å². The number of pyridine rings is 1. The number of aromatic nitrogens is 4. The highest BCUT2D eigenvalue weighted by molar-refractivity contribution is 5.79. The number of nitrogens with zero attached hydrogens (tertiary/aromatic N) is 5. The van der Waals surface area contributed by atoms with Crippen LogP contribution in [0.1, 0.15) is 24.1 Å². The number of aliphatic hydroxyl groups is 1. The summed E-state index contributed by atoms with van der Waals surface area (Å²) in [7, 11) is 0. The molecule has 8 heteroatoms. The van der Waals surface area contributed by atoms with E-state index in [1.54, 1.807) is 23.3 Å². The van der Waals surface area contributed by atoms with Gasteiger partial charge in [0.2, 0.25) is 5.91 Å². The zero-order valence-electron chi connectivity index (χ0n) is 14.7. The van der Waals surface area contributed by atoms with Crippen LogP contribution >= 0.6 is 0 Å². The Labute approximate surface area is 152 Å². The number of carbonyl (C=O) groups excluding carboxylic acids is 1. The minimum atomic E-state index is -0.0871. The van der Waals surface area contributed by atoms with Gasteiger partial charge in [-0.1, -0.05) is 11.3 Å². The van der Waals surface area contributed by atoms with E-state index in [2.05, 4.69) is 25.5 Å². The minimum absolute atomic E-state index is 0.0559. The Morgan fingerprint density at radius 1 is 1.42 bits per heavy atom. The molecule has 8 nitrogen and oxygen atoms in total. The molecule has 0 aliphatic carbocycles. The van der Waals surface area contributed by atoms with Gasteiger partial charge in [-0.2, -0.15) is 0 Å². The summed E-state index contributed by atoms with van der Waals surface area (Å²) in [5.74, 6) is 0.616. The number of aliphatic hydroxyl groups excluding tert-OH is 1. The van der Waals surface area contributed by atoms with E-state index in [9.17, 15) is 4.79 Å². The highest BCUT2D eigenvalue weighted by Crippen LogP contribution is 2.36. The predicted molar refractivity (Wildman–Crippen MR) is 93.6 cm³/mol. The van der Waals surface area contributed by atoms with Gasteiger partial charge in [0.25, 0.3) is 0 Å². The lowest BCUT2D eigenvalue weighted by Crippen LogP contribution is -2.58. The maximum atomic E-state index is 12.7. The van der Waals surface area contributed by atoms with E-state index in [1.807, 2.05) is 12.1 Å². The van der Waals surface area contributed by atoms with Crippen LogP contribution in [0.15, 0.2) is 30.7 Å². The molecule has 0 saturated carbocycles. The van der Waals surface area contributed by atoms with Crippen molar-refractivity contribution in [2.24, 2.45) is 11.8 Å². The van der Waals surface area contributed by atoms with Crippen LogP contribution in [0.4, 0.5) is 0 Å². The molecule has 3 aliphatic heterocycles. The fraction of sp³-hybridized carbons (Fsp3) is 0.556. The van der Waals surface area contributed by atoms with Gasteiger partial charge in [0.1, 0.15) is 5.69 Å². The molecule has 2 N–H and O–H groups in total. The quantitative estimate of drug-likeness (QED) is 0.767. The molecule has 138 valence electrons. The first-order valence-corrected chi connectivity index (χ1v) is 9.13. The molecule has 2 aromatic heterocycles. The van der Waals surface area contributed by atoms with Crippen LogP contribution in [0.2, 0.25) is 0 Å². The molecule has 3 saturated heterocycles. The van der Waals surface area contributed by atoms with Crippen molar-refractivity contribution in [2.45, 2.75) is 38.6 Å². The van der Waals surface area contributed by atoms with Gasteiger partial charge in [-0.15, -0.1) is 5.10 Å². The molecule has 2 aromatic rings. The van der Waals surface area contributed by atoms with E-state index < -0.39 is 0 Å². The lowest BCUT2D eigenvalue weighted by Gasteiger charge is -2.49. The summed E-state index contributed by atoms with van der Waals surface area (Å²) >= 11 is 0. The second-order valence-electron chi connectivity index (χ2n) is 7.21. The summed E-state index contributed by atoms with van der Waals surface area (Å²) < 4.78 is 1.80. The Morgan fingerprint density at radius 2 is 2.35 bits per heavy atom. The fourth-order valence-corrected chi connectivity index (χ4v) is 4.16. The van der Waals surface area contributed by atoms with Gasteiger partial charge in [0.05, 0.1) is 25.3 Å². The molecule has 0 aromatic carbocycles. The van der Waals surface area contributed by atoms with Crippen LogP contribution in [-0.4, -0.2) is 55.0 Å². The molecule has 2 bridgehead atoms. The van der Waals surface area contributed by atoms with E-state index >= 15 is 0 Å². The van der Waals surface area contributed by atoms with Crippen LogP contribution in [0.25, 0.3) is 0 Å². The van der Waals surface area contributed by atoms with Gasteiger partial charge in [0, 0.05) is 31.5 Å². The summed E-state index contributed by atoms with van der Waals surface area (Å²) in [6, 6.07) is 4.23. The number of fused-ring (bicyclic) bond motifs is 3. The number of carbonyl (C=O) groups is 1. The van der Waals surface area contributed by atoms with Crippen molar-refractivity contribution in [2.75, 3.05) is 13.1 Å². The molecular weight excluding hydrogens is 332 g/mol. The molecule has 1 unspecified atom stereocenters. The minimum Gasteiger partial charge on any atom is -0.390 e. The smallest absolute Gasteiger partial charge is 0.224 e. The van der Waals surface area contributed by atoms with Crippen molar-refractivity contribution in [3.8, 4) is 0 Å². The number of nitrogens with one attached hydrogen (secondary N) is 1. The Hall–Kier alpha value is -2.32. The molecule has 1 amide bonds. The molecule has 3 aliphatic rings. The zero-order chi connectivity index (χ0) is 17.9. The van der Waals surface area contributed by atoms with Crippen LogP contribution in [0, 0.1) is 11.8 Å². The maximum Gasteiger partial charge on any atom is 0.224 e. The number of piperidine rings is 3. The first kappa shape index (κ1) is 17.1. The van der Waals surface area contributed by atoms with Gasteiger partial charge < -0.3 is 10.4 Å². The average molecular weight is 356 g/mol. The third-order valence-electron chi connectivity index (χ3n) is 5.55. The number of hydrogen-bond donors (Lipinski definition) is 2. The largest absolute Gasteiger partial charge is 0.390 e. The number of amides is 1. The molecule has 5 rings (SSSR count). The van der Waals surface area contributed by atoms with E-state index in [-0.39, 0.29) is 18.4 Å². The summed E-state index contributed by atoms with van der Waals surface area (Å²) in [6.07, 6.45) is 7.38. The highest BCUT2D eigenvalue weighted by atomic mass is 16.3. The molecule has 26 heavy (non-hydrogen) atoms. The Bertz CT molecular complexity index is 749. The molecule has 0 radical (unpaired) electrons. The molecule has 4 atom stereocenters. The van der Waals surface area contributed by atoms with Crippen LogP contribution in [-0.2, 0) is 24.5 Å². The number of rotatable bonds is 6. The molecule has 5 heterocycles. The predicted octanol–water partition coefficient (Wildman–Crippen LogP) is 0.192. The Morgan fingerprint density at radius 3 is 3.04 bits per heavy atom. The van der Waals surface area contributed by atoms with E-state index in [0.29, 0.717) is 24.2 Å². The van der Waals surface area contributed by atoms with Crippen molar-refractivity contribution < 1.29 is 9.90 Å². The summed E-state index contributed by atoms with van der Waals surface area (Å²) in [4.78, 5) is 19.1. The zero-order valence-corrected chi connectivity index (χ0v) is 14.7. The second kappa shape index (κ2) is 7.51. The third-order valence-corrected chi connectivity index (χ3v) is 5.55. The number of hydrogen-bond acceptors (Lipinski definition) is 6. The first-order chi connectivity index (χ1) is 12.7. The fourth-order valence-electron chi connectivity index (χ4n) is 4.16. The van der Waals surface area contributed by atoms with E-state index in [1.165, 1.54) is 0 Å². The van der Waals surface area contributed by atoms with Gasteiger partial charge >= 0.3 is 0 Å². The van der Waals surface area contributed by atoms with Crippen molar-refractivity contribution in [1.29, 1.82) is 0 Å². The summed E-state index contributed by atoms with van der Waals surface area (Å²) in [5, 5.41) is 20.2. The van der Waals surface area contributed by atoms with Gasteiger partial charge in [-0.05, 0) is 36.9 Å². The molecule has 3 fully saturated rings. The normalized spacial score (nSPS) is 27.4. The van der Waals surface area contributed by atoms with Crippen molar-refractivity contribution in [1.82, 2.24) is 30.2 Å². The van der Waals surface area contributed by atoms with Gasteiger partial charge in [0.15, 0.2) is 0 Å². The summed E-state index contributed by atoms with van der Waals surface area (Å²) in [6.45, 7) is 3.03. The topological polar surface area (TPSA) is 96.2 Å². The SMILES string of the molecule is O=C(NCc1cccnc1)[C@@H]1CN2CC[C@@H]1C[C@@H]2Cn1cc(CO)nn1. The first-order valence-electron chi connectivity index (χ1n) is 9.13. The van der Waals surface area contributed by atoms with Gasteiger partial charge in [-0.25, -0.2) is 0 Å². The van der Waals surface area contributed by atoms with Gasteiger partial charge in [-0.3, -0.25) is 19.4 Å². The highest BCUT2D eigenvalue weighted by Gasteiger charge is 2.43. The monoisotopic (exact) mass is 356 g/mol. The maximum absolute atomic E-state index is 12.7. The van der Waals surface area contributed by atoms with Crippen LogP contribution in [0.3, 0.4) is 0 Å². The molecule has 0 spiro atoms. The molecular formula is C18H24N6O2. The van der Waals surface area contributed by atoms with E-state index in [4.69, 9.17) is 5.11 Å². The van der Waals surface area contributed by atoms with Crippen LogP contribution in [0.5, 0.6) is 0 Å². The summed E-state index contributed by atoms with van der Waals surface area (Å²) in [5.41, 5.74) is 1.61. The lowest BCUT2D eigenvalue weighted by atomic mass is 9.75. The second-order valence-corrected chi connectivity index (χ2v) is 7.21.